The Kier molecular flexibility index (Phi) is 5.68. The van der Waals surface area contributed by atoms with Crippen molar-refractivity contribution < 1.29 is 9.53 Å². The SMILES string of the molecule is N#Cc1ccc(NCC(=O)N2CCN(C[C@@H]3CCCO3)CC2)cc1. The molecule has 6 nitrogen and oxygen atoms in total. The van der Waals surface area contributed by atoms with E-state index in [1.54, 1.807) is 12.1 Å². The Morgan fingerprint density at radius 2 is 2.00 bits per heavy atom. The van der Waals surface area contributed by atoms with Crippen molar-refractivity contribution in [1.29, 1.82) is 5.26 Å². The van der Waals surface area contributed by atoms with Crippen molar-refractivity contribution in [3.8, 4) is 6.07 Å². The molecule has 1 N–H and O–H groups in total. The summed E-state index contributed by atoms with van der Waals surface area (Å²) in [6.45, 7) is 5.57. The van der Waals surface area contributed by atoms with Crippen molar-refractivity contribution in [3.05, 3.63) is 29.8 Å². The van der Waals surface area contributed by atoms with Crippen molar-refractivity contribution in [2.24, 2.45) is 0 Å². The van der Waals surface area contributed by atoms with E-state index in [4.69, 9.17) is 10.00 Å². The number of nitrogens with one attached hydrogen (secondary N) is 1. The van der Waals surface area contributed by atoms with Crippen LogP contribution < -0.4 is 5.32 Å². The highest BCUT2D eigenvalue weighted by Gasteiger charge is 2.24. The lowest BCUT2D eigenvalue weighted by molar-refractivity contribution is -0.131. The average Bonchev–Trinajstić information content (AvgIpc) is 3.14. The first-order valence-electron chi connectivity index (χ1n) is 8.60. The second-order valence-corrected chi connectivity index (χ2v) is 6.36. The van der Waals surface area contributed by atoms with Gasteiger partial charge in [-0.3, -0.25) is 9.69 Å². The lowest BCUT2D eigenvalue weighted by Crippen LogP contribution is -2.51. The fourth-order valence-electron chi connectivity index (χ4n) is 3.21. The first-order chi connectivity index (χ1) is 11.7. The lowest BCUT2D eigenvalue weighted by Gasteiger charge is -2.35. The summed E-state index contributed by atoms with van der Waals surface area (Å²) in [5.41, 5.74) is 1.48. The standard InChI is InChI=1S/C18H24N4O2/c19-12-15-3-5-16(6-4-15)20-13-18(23)22-9-7-21(8-10-22)14-17-2-1-11-24-17/h3-6,17,20H,1-2,7-11,13-14H2/t17-/m0/s1. The minimum Gasteiger partial charge on any atom is -0.377 e. The second kappa shape index (κ2) is 8.13. The Morgan fingerprint density at radius 3 is 2.62 bits per heavy atom. The molecule has 24 heavy (non-hydrogen) atoms. The van der Waals surface area contributed by atoms with E-state index in [1.165, 1.54) is 6.42 Å². The van der Waals surface area contributed by atoms with Gasteiger partial charge in [-0.2, -0.15) is 5.26 Å². The van der Waals surface area contributed by atoms with Crippen LogP contribution in [0.4, 0.5) is 5.69 Å². The average molecular weight is 328 g/mol. The molecule has 2 aliphatic heterocycles. The molecule has 1 aromatic carbocycles. The van der Waals surface area contributed by atoms with Crippen molar-refractivity contribution >= 4 is 11.6 Å². The number of hydrogen-bond acceptors (Lipinski definition) is 5. The Morgan fingerprint density at radius 1 is 1.25 bits per heavy atom. The summed E-state index contributed by atoms with van der Waals surface area (Å²) < 4.78 is 5.68. The van der Waals surface area contributed by atoms with Gasteiger partial charge in [-0.1, -0.05) is 0 Å². The molecule has 1 aromatic rings. The number of nitrogens with zero attached hydrogens (tertiary/aromatic N) is 3. The quantitative estimate of drug-likeness (QED) is 0.882. The van der Waals surface area contributed by atoms with Crippen LogP contribution in [-0.2, 0) is 9.53 Å². The normalized spacial score (nSPS) is 21.5. The lowest BCUT2D eigenvalue weighted by atomic mass is 10.2. The maximum atomic E-state index is 12.3. The van der Waals surface area contributed by atoms with E-state index in [0.717, 1.165) is 51.4 Å². The van der Waals surface area contributed by atoms with E-state index in [9.17, 15) is 4.79 Å². The number of benzene rings is 1. The molecule has 0 unspecified atom stereocenters. The molecule has 0 saturated carbocycles. The number of ether oxygens (including phenoxy) is 1. The predicted molar refractivity (Wildman–Crippen MR) is 91.6 cm³/mol. The molecule has 1 atom stereocenters. The molecule has 1 amide bonds. The maximum Gasteiger partial charge on any atom is 0.241 e. The molecule has 0 bridgehead atoms. The van der Waals surface area contributed by atoms with Crippen LogP contribution >= 0.6 is 0 Å². The van der Waals surface area contributed by atoms with Crippen LogP contribution in [-0.4, -0.2) is 67.7 Å². The molecule has 0 aromatic heterocycles. The van der Waals surface area contributed by atoms with Gasteiger partial charge in [-0.05, 0) is 37.1 Å². The van der Waals surface area contributed by atoms with Gasteiger partial charge in [0.25, 0.3) is 0 Å². The molecule has 2 fully saturated rings. The number of nitriles is 1. The molecular formula is C18H24N4O2. The molecule has 2 aliphatic rings. The molecule has 3 rings (SSSR count). The summed E-state index contributed by atoms with van der Waals surface area (Å²) in [4.78, 5) is 16.6. The van der Waals surface area contributed by atoms with Crippen LogP contribution in [0, 0.1) is 11.3 Å². The topological polar surface area (TPSA) is 68.6 Å². The van der Waals surface area contributed by atoms with E-state index >= 15 is 0 Å². The molecule has 6 heteroatoms. The van der Waals surface area contributed by atoms with Crippen LogP contribution in [0.1, 0.15) is 18.4 Å². The summed E-state index contributed by atoms with van der Waals surface area (Å²) in [6, 6.07) is 9.23. The van der Waals surface area contributed by atoms with Gasteiger partial charge >= 0.3 is 0 Å². The van der Waals surface area contributed by atoms with Crippen LogP contribution in [0.2, 0.25) is 0 Å². The molecule has 0 radical (unpaired) electrons. The van der Waals surface area contributed by atoms with Gasteiger partial charge < -0.3 is 15.0 Å². The smallest absolute Gasteiger partial charge is 0.241 e. The van der Waals surface area contributed by atoms with Gasteiger partial charge in [0.15, 0.2) is 0 Å². The monoisotopic (exact) mass is 328 g/mol. The summed E-state index contributed by atoms with van der Waals surface area (Å²) in [6.07, 6.45) is 2.71. The van der Waals surface area contributed by atoms with Crippen molar-refractivity contribution in [2.75, 3.05) is 51.2 Å². The highest BCUT2D eigenvalue weighted by atomic mass is 16.5. The number of amides is 1. The van der Waals surface area contributed by atoms with Gasteiger partial charge in [-0.25, -0.2) is 0 Å². The third-order valence-corrected chi connectivity index (χ3v) is 4.67. The Bertz CT molecular complexity index is 582. The second-order valence-electron chi connectivity index (χ2n) is 6.36. The largest absolute Gasteiger partial charge is 0.377 e. The molecule has 128 valence electrons. The zero-order valence-corrected chi connectivity index (χ0v) is 13.9. The highest BCUT2D eigenvalue weighted by Crippen LogP contribution is 2.14. The maximum absolute atomic E-state index is 12.3. The van der Waals surface area contributed by atoms with Crippen molar-refractivity contribution in [2.45, 2.75) is 18.9 Å². The van der Waals surface area contributed by atoms with Crippen molar-refractivity contribution in [3.63, 3.8) is 0 Å². The zero-order chi connectivity index (χ0) is 16.8. The number of carbonyl (C=O) groups is 1. The Hall–Kier alpha value is -2.10. The van der Waals surface area contributed by atoms with E-state index in [0.29, 0.717) is 11.7 Å². The van der Waals surface area contributed by atoms with Crippen LogP contribution in [0.5, 0.6) is 0 Å². The zero-order valence-electron chi connectivity index (χ0n) is 13.9. The van der Waals surface area contributed by atoms with Crippen molar-refractivity contribution in [1.82, 2.24) is 9.80 Å². The van der Waals surface area contributed by atoms with Gasteiger partial charge in [-0.15, -0.1) is 0 Å². The number of hydrogen-bond donors (Lipinski definition) is 1. The Labute approximate surface area is 143 Å². The fourth-order valence-corrected chi connectivity index (χ4v) is 3.21. The molecule has 2 saturated heterocycles. The molecule has 0 aliphatic carbocycles. The number of piperazine rings is 1. The van der Waals surface area contributed by atoms with E-state index < -0.39 is 0 Å². The molecular weight excluding hydrogens is 304 g/mol. The molecule has 0 spiro atoms. The van der Waals surface area contributed by atoms with E-state index in [1.807, 2.05) is 17.0 Å². The van der Waals surface area contributed by atoms with Crippen LogP contribution in [0.25, 0.3) is 0 Å². The van der Waals surface area contributed by atoms with Crippen LogP contribution in [0.15, 0.2) is 24.3 Å². The van der Waals surface area contributed by atoms with E-state index in [2.05, 4.69) is 16.3 Å². The van der Waals surface area contributed by atoms with Gasteiger partial charge in [0, 0.05) is 45.0 Å². The van der Waals surface area contributed by atoms with Gasteiger partial charge in [0.05, 0.1) is 24.3 Å². The highest BCUT2D eigenvalue weighted by molar-refractivity contribution is 5.81. The summed E-state index contributed by atoms with van der Waals surface area (Å²) in [5.74, 6) is 0.121. The summed E-state index contributed by atoms with van der Waals surface area (Å²) in [5, 5.41) is 11.9. The first-order valence-corrected chi connectivity index (χ1v) is 8.60. The molecule has 2 heterocycles. The number of anilines is 1. The van der Waals surface area contributed by atoms with Gasteiger partial charge in [0.1, 0.15) is 0 Å². The van der Waals surface area contributed by atoms with E-state index in [-0.39, 0.29) is 12.5 Å². The third kappa shape index (κ3) is 4.47. The summed E-state index contributed by atoms with van der Waals surface area (Å²) in [7, 11) is 0. The summed E-state index contributed by atoms with van der Waals surface area (Å²) >= 11 is 0. The van der Waals surface area contributed by atoms with Gasteiger partial charge in [0.2, 0.25) is 5.91 Å². The minimum atomic E-state index is 0.121. The fraction of sp³-hybridized carbons (Fsp3) is 0.556. The predicted octanol–water partition coefficient (Wildman–Crippen LogP) is 1.29. The van der Waals surface area contributed by atoms with Crippen LogP contribution in [0.3, 0.4) is 0 Å². The number of carbonyl (C=O) groups excluding carboxylic acids is 1. The Balaban J connectivity index is 1.39. The number of rotatable bonds is 5. The minimum absolute atomic E-state index is 0.121. The first kappa shape index (κ1) is 16.7. The third-order valence-electron chi connectivity index (χ3n) is 4.67.